The zero-order valence-corrected chi connectivity index (χ0v) is 8.97. The van der Waals surface area contributed by atoms with Gasteiger partial charge in [0.2, 0.25) is 5.50 Å². The summed E-state index contributed by atoms with van der Waals surface area (Å²) in [7, 11) is -7.58. The van der Waals surface area contributed by atoms with Crippen LogP contribution in [0.4, 0.5) is 0 Å². The van der Waals surface area contributed by atoms with E-state index in [9.17, 15) is 9.36 Å². The maximum absolute atomic E-state index is 10.2. The van der Waals surface area contributed by atoms with E-state index in [-0.39, 0.29) is 0 Å². The molecule has 0 aliphatic carbocycles. The Balaban J connectivity index is 0. The van der Waals surface area contributed by atoms with Gasteiger partial charge in [-0.05, 0) is 6.58 Å². The first-order valence-corrected chi connectivity index (χ1v) is 5.84. The maximum Gasteiger partial charge on any atom is 0.390 e. The normalized spacial score (nSPS) is 10.1. The van der Waals surface area contributed by atoms with E-state index in [0.717, 1.165) is 6.92 Å². The summed E-state index contributed by atoms with van der Waals surface area (Å²) in [5.41, 5.74) is -0.819. The van der Waals surface area contributed by atoms with Gasteiger partial charge in [-0.2, -0.15) is 0 Å². The minimum Gasteiger partial charge on any atom is -0.419 e. The van der Waals surface area contributed by atoms with Crippen LogP contribution < -0.4 is 0 Å². The molecule has 0 saturated heterocycles. The van der Waals surface area contributed by atoms with E-state index >= 15 is 0 Å². The largest absolute Gasteiger partial charge is 0.419 e. The standard InChI is InChI=1S/C4H7O5P.H3O3P/c1-3(5)9-4(2)10(6,7)8;1-4(2)3/h2H2,1H3,(H2,6,7,8);4H,(H2,1,2,3). The van der Waals surface area contributed by atoms with E-state index in [0.29, 0.717) is 0 Å². The van der Waals surface area contributed by atoms with Gasteiger partial charge in [0.15, 0.2) is 0 Å². The summed E-state index contributed by atoms with van der Waals surface area (Å²) in [4.78, 5) is 40.9. The van der Waals surface area contributed by atoms with Crippen LogP contribution in [0.2, 0.25) is 0 Å². The summed E-state index contributed by atoms with van der Waals surface area (Å²) in [6, 6.07) is 0. The Morgan fingerprint density at radius 1 is 1.43 bits per heavy atom. The van der Waals surface area contributed by atoms with E-state index in [2.05, 4.69) is 11.3 Å². The fourth-order valence-electron chi connectivity index (χ4n) is 0.225. The zero-order chi connectivity index (χ0) is 11.9. The minimum atomic E-state index is -4.45. The minimum absolute atomic E-state index is 0.798. The highest BCUT2D eigenvalue weighted by Crippen LogP contribution is 2.44. The lowest BCUT2D eigenvalue weighted by atomic mass is 10.8. The van der Waals surface area contributed by atoms with E-state index in [1.54, 1.807) is 0 Å². The lowest BCUT2D eigenvalue weighted by molar-refractivity contribution is -0.136. The van der Waals surface area contributed by atoms with Crippen LogP contribution in [-0.4, -0.2) is 25.5 Å². The number of hydrogen-bond donors (Lipinski definition) is 4. The summed E-state index contributed by atoms with van der Waals surface area (Å²) in [5, 5.41) is 0. The predicted molar refractivity (Wildman–Crippen MR) is 46.4 cm³/mol. The molecule has 0 heterocycles. The van der Waals surface area contributed by atoms with Gasteiger partial charge in [0.05, 0.1) is 0 Å². The van der Waals surface area contributed by atoms with Gasteiger partial charge in [0.1, 0.15) is 0 Å². The Labute approximate surface area is 79.9 Å². The van der Waals surface area contributed by atoms with Gasteiger partial charge in [0, 0.05) is 6.92 Å². The molecule has 0 bridgehead atoms. The zero-order valence-electron chi connectivity index (χ0n) is 7.08. The molecule has 0 aliphatic rings. The molecule has 0 atom stereocenters. The Morgan fingerprint density at radius 3 is 1.79 bits per heavy atom. The average molecular weight is 248 g/mol. The van der Waals surface area contributed by atoms with Crippen molar-refractivity contribution in [1.29, 1.82) is 0 Å². The van der Waals surface area contributed by atoms with Crippen molar-refractivity contribution in [2.75, 3.05) is 0 Å². The second-order valence-corrected chi connectivity index (χ2v) is 3.97. The Hall–Kier alpha value is -0.490. The third-order valence-electron chi connectivity index (χ3n) is 0.586. The smallest absolute Gasteiger partial charge is 0.390 e. The number of carbonyl (C=O) groups is 1. The van der Waals surface area contributed by atoms with E-state index < -0.39 is 27.3 Å². The number of rotatable bonds is 2. The molecule has 0 aromatic heterocycles. The van der Waals surface area contributed by atoms with Crippen LogP contribution in [0, 0.1) is 0 Å². The molecule has 0 fully saturated rings. The van der Waals surface area contributed by atoms with Crippen molar-refractivity contribution < 1.29 is 38.2 Å². The van der Waals surface area contributed by atoms with Gasteiger partial charge in [-0.15, -0.1) is 0 Å². The van der Waals surface area contributed by atoms with Gasteiger partial charge in [-0.3, -0.25) is 13.9 Å². The van der Waals surface area contributed by atoms with Crippen molar-refractivity contribution in [3.63, 3.8) is 0 Å². The highest BCUT2D eigenvalue weighted by Gasteiger charge is 2.21. The summed E-state index contributed by atoms with van der Waals surface area (Å²) < 4.78 is 22.9. The maximum atomic E-state index is 10.2. The molecule has 8 nitrogen and oxygen atoms in total. The monoisotopic (exact) mass is 248 g/mol. The number of esters is 1. The third-order valence-corrected chi connectivity index (χ3v) is 1.33. The number of carbonyl (C=O) groups excluding carboxylic acids is 1. The third kappa shape index (κ3) is 14.1. The topological polar surface area (TPSA) is 141 Å². The molecule has 0 saturated carbocycles. The van der Waals surface area contributed by atoms with Crippen LogP contribution >= 0.6 is 15.9 Å². The van der Waals surface area contributed by atoms with Crippen LogP contribution in [0.5, 0.6) is 0 Å². The molecule has 0 spiro atoms. The van der Waals surface area contributed by atoms with Crippen LogP contribution in [0.3, 0.4) is 0 Å². The van der Waals surface area contributed by atoms with Crippen molar-refractivity contribution in [2.45, 2.75) is 6.92 Å². The first-order valence-electron chi connectivity index (χ1n) is 2.92. The fraction of sp³-hybridized carbons (Fsp3) is 0.250. The van der Waals surface area contributed by atoms with Gasteiger partial charge in [0.25, 0.3) is 0 Å². The molecular weight excluding hydrogens is 238 g/mol. The van der Waals surface area contributed by atoms with E-state index in [4.69, 9.17) is 24.1 Å². The molecule has 0 rings (SSSR count). The lowest BCUT2D eigenvalue weighted by Gasteiger charge is -2.04. The molecule has 10 heteroatoms. The summed E-state index contributed by atoms with van der Waals surface area (Å²) in [5.74, 6) is -0.798. The van der Waals surface area contributed by atoms with Crippen molar-refractivity contribution in [3.8, 4) is 0 Å². The second-order valence-electron chi connectivity index (χ2n) is 1.81. The molecular formula is C4H10O8P2. The first kappa shape index (κ1) is 16.0. The fourth-order valence-corrected chi connectivity index (χ4v) is 0.473. The van der Waals surface area contributed by atoms with Gasteiger partial charge >= 0.3 is 21.8 Å². The number of ether oxygens (including phenoxy) is 1. The quantitative estimate of drug-likeness (QED) is 0.292. The molecule has 0 aromatic carbocycles. The van der Waals surface area contributed by atoms with Gasteiger partial charge in [-0.1, -0.05) is 0 Å². The highest BCUT2D eigenvalue weighted by atomic mass is 31.2. The van der Waals surface area contributed by atoms with Crippen LogP contribution in [0.15, 0.2) is 12.1 Å². The second kappa shape index (κ2) is 6.89. The Morgan fingerprint density at radius 2 is 1.71 bits per heavy atom. The molecule has 0 unspecified atom stereocenters. The first-order chi connectivity index (χ1) is 6.07. The van der Waals surface area contributed by atoms with Crippen molar-refractivity contribution >= 4 is 21.8 Å². The average Bonchev–Trinajstić information content (AvgIpc) is 1.81. The van der Waals surface area contributed by atoms with Crippen molar-refractivity contribution in [3.05, 3.63) is 12.1 Å². The van der Waals surface area contributed by atoms with E-state index in [1.165, 1.54) is 0 Å². The van der Waals surface area contributed by atoms with Crippen LogP contribution in [0.1, 0.15) is 6.92 Å². The van der Waals surface area contributed by atoms with Crippen LogP contribution in [0.25, 0.3) is 0 Å². The van der Waals surface area contributed by atoms with Gasteiger partial charge < -0.3 is 24.3 Å². The lowest BCUT2D eigenvalue weighted by Crippen LogP contribution is -1.97. The predicted octanol–water partition coefficient (Wildman–Crippen LogP) is -0.441. The SMILES string of the molecule is C=C(OC(C)=O)P(=O)(O)O.O=[PH](O)O. The molecule has 0 radical (unpaired) electrons. The van der Waals surface area contributed by atoms with Crippen molar-refractivity contribution in [1.82, 2.24) is 0 Å². The van der Waals surface area contributed by atoms with Crippen LogP contribution in [-0.2, 0) is 18.7 Å². The summed E-state index contributed by atoms with van der Waals surface area (Å²) in [6.07, 6.45) is 0. The Kier molecular flexibility index (Phi) is 7.85. The van der Waals surface area contributed by atoms with Crippen molar-refractivity contribution in [2.24, 2.45) is 0 Å². The molecule has 0 amide bonds. The molecule has 14 heavy (non-hydrogen) atoms. The summed E-state index contributed by atoms with van der Waals surface area (Å²) in [6.45, 7) is 3.89. The van der Waals surface area contributed by atoms with Gasteiger partial charge in [-0.25, -0.2) is 0 Å². The number of hydrogen-bond acceptors (Lipinski definition) is 4. The Bertz CT molecular complexity index is 273. The van der Waals surface area contributed by atoms with E-state index in [1.807, 2.05) is 0 Å². The molecule has 4 N–H and O–H groups in total. The highest BCUT2D eigenvalue weighted by molar-refractivity contribution is 7.56. The molecule has 0 aromatic rings. The summed E-state index contributed by atoms with van der Waals surface area (Å²) >= 11 is 0. The molecule has 0 aliphatic heterocycles. The molecule has 84 valence electrons.